The highest BCUT2D eigenvalue weighted by Gasteiger charge is 2.20. The van der Waals surface area contributed by atoms with Crippen LogP contribution >= 0.6 is 0 Å². The van der Waals surface area contributed by atoms with Gasteiger partial charge >= 0.3 is 0 Å². The van der Waals surface area contributed by atoms with Crippen LogP contribution in [0.4, 0.5) is 0 Å². The van der Waals surface area contributed by atoms with E-state index < -0.39 is 0 Å². The first kappa shape index (κ1) is 16.7. The van der Waals surface area contributed by atoms with Crippen molar-refractivity contribution in [2.45, 2.75) is 0 Å². The lowest BCUT2D eigenvalue weighted by molar-refractivity contribution is 0.475. The summed E-state index contributed by atoms with van der Waals surface area (Å²) < 4.78 is 2.16. The van der Waals surface area contributed by atoms with Gasteiger partial charge in [0, 0.05) is 34.4 Å². The van der Waals surface area contributed by atoms with E-state index in [-0.39, 0.29) is 5.75 Å². The molecule has 0 saturated heterocycles. The Kier molecular flexibility index (Phi) is 3.55. The third-order valence-corrected chi connectivity index (χ3v) is 5.37. The summed E-state index contributed by atoms with van der Waals surface area (Å²) in [5.41, 5.74) is 5.50. The van der Waals surface area contributed by atoms with Crippen molar-refractivity contribution in [2.75, 3.05) is 0 Å². The molecule has 3 aromatic carbocycles. The Labute approximate surface area is 171 Å². The second kappa shape index (κ2) is 6.39. The molecule has 0 aliphatic rings. The van der Waals surface area contributed by atoms with Gasteiger partial charge in [-0.15, -0.1) is 0 Å². The highest BCUT2D eigenvalue weighted by Crippen LogP contribution is 2.37. The number of imidazole rings is 1. The molecule has 3 aromatic heterocycles. The van der Waals surface area contributed by atoms with E-state index in [2.05, 4.69) is 32.7 Å². The summed E-state index contributed by atoms with van der Waals surface area (Å²) in [6.45, 7) is 0. The monoisotopic (exact) mass is 388 g/mol. The van der Waals surface area contributed by atoms with E-state index in [1.807, 2.05) is 48.5 Å². The topological polar surface area (TPSA) is 63.8 Å². The van der Waals surface area contributed by atoms with Crippen LogP contribution in [0, 0.1) is 0 Å². The number of phenolic OH excluding ortho intramolecular Hbond substituents is 1. The van der Waals surface area contributed by atoms with Crippen LogP contribution in [0.1, 0.15) is 0 Å². The summed E-state index contributed by atoms with van der Waals surface area (Å²) in [5.74, 6) is 1.03. The van der Waals surface area contributed by atoms with Crippen molar-refractivity contribution >= 4 is 32.8 Å². The Morgan fingerprint density at radius 2 is 1.30 bits per heavy atom. The van der Waals surface area contributed by atoms with E-state index in [9.17, 15) is 5.11 Å². The summed E-state index contributed by atoms with van der Waals surface area (Å²) in [5, 5.41) is 11.7. The molecule has 142 valence electrons. The molecule has 0 aliphatic carbocycles. The maximum Gasteiger partial charge on any atom is 0.145 e. The van der Waals surface area contributed by atoms with Gasteiger partial charge in [-0.05, 0) is 60.7 Å². The Hall–Kier alpha value is -4.25. The lowest BCUT2D eigenvalue weighted by Crippen LogP contribution is -1.98. The molecule has 0 atom stereocenters. The predicted octanol–water partition coefficient (Wildman–Crippen LogP) is 5.49. The van der Waals surface area contributed by atoms with Gasteiger partial charge in [0.25, 0.3) is 0 Å². The maximum absolute atomic E-state index is 9.77. The molecule has 0 fully saturated rings. The summed E-state index contributed by atoms with van der Waals surface area (Å²) >= 11 is 0. The lowest BCUT2D eigenvalue weighted by atomic mass is 10.1. The van der Waals surface area contributed by atoms with Crippen LogP contribution < -0.4 is 0 Å². The minimum absolute atomic E-state index is 0.227. The first-order valence-electron chi connectivity index (χ1n) is 9.70. The second-order valence-corrected chi connectivity index (χ2v) is 7.15. The van der Waals surface area contributed by atoms with Crippen molar-refractivity contribution < 1.29 is 5.11 Å². The zero-order valence-electron chi connectivity index (χ0n) is 15.9. The van der Waals surface area contributed by atoms with Gasteiger partial charge in [-0.2, -0.15) is 0 Å². The van der Waals surface area contributed by atoms with E-state index in [0.717, 1.165) is 49.9 Å². The molecule has 0 radical (unpaired) electrons. The summed E-state index contributed by atoms with van der Waals surface area (Å²) in [4.78, 5) is 14.3. The number of rotatable bonds is 2. The van der Waals surface area contributed by atoms with E-state index in [1.54, 1.807) is 24.5 Å². The van der Waals surface area contributed by atoms with E-state index in [0.29, 0.717) is 0 Å². The van der Waals surface area contributed by atoms with Gasteiger partial charge in [-0.25, -0.2) is 4.98 Å². The van der Waals surface area contributed by atoms with E-state index in [1.165, 1.54) is 0 Å². The van der Waals surface area contributed by atoms with Gasteiger partial charge < -0.3 is 5.11 Å². The average Bonchev–Trinajstić information content (AvgIpc) is 3.21. The molecule has 1 N–H and O–H groups in total. The molecule has 6 rings (SSSR count). The molecule has 5 nitrogen and oxygen atoms in total. The molecule has 0 unspecified atom stereocenters. The quantitative estimate of drug-likeness (QED) is 0.398. The molecule has 0 aliphatic heterocycles. The van der Waals surface area contributed by atoms with Crippen molar-refractivity contribution in [1.29, 1.82) is 0 Å². The van der Waals surface area contributed by atoms with Gasteiger partial charge in [0.05, 0.1) is 22.1 Å². The highest BCUT2D eigenvalue weighted by atomic mass is 16.3. The third kappa shape index (κ3) is 2.39. The molecule has 6 aromatic rings. The Morgan fingerprint density at radius 3 is 2.03 bits per heavy atom. The van der Waals surface area contributed by atoms with Crippen LogP contribution in [0.5, 0.6) is 5.75 Å². The number of pyridine rings is 2. The largest absolute Gasteiger partial charge is 0.508 e. The molecule has 30 heavy (non-hydrogen) atoms. The van der Waals surface area contributed by atoms with Crippen LogP contribution in [0.25, 0.3) is 49.9 Å². The number of aromatic hydroxyl groups is 1. The van der Waals surface area contributed by atoms with Crippen LogP contribution in [0.2, 0.25) is 0 Å². The molecule has 5 heteroatoms. The molecule has 3 heterocycles. The van der Waals surface area contributed by atoms with Crippen molar-refractivity contribution in [3.8, 4) is 22.8 Å². The van der Waals surface area contributed by atoms with Gasteiger partial charge in [0.15, 0.2) is 0 Å². The number of phenols is 1. The number of fused-ring (bicyclic) bond motifs is 6. The Morgan fingerprint density at radius 1 is 0.633 bits per heavy atom. The number of hydrogen-bond acceptors (Lipinski definition) is 4. The zero-order valence-corrected chi connectivity index (χ0v) is 15.9. The van der Waals surface area contributed by atoms with E-state index >= 15 is 0 Å². The minimum Gasteiger partial charge on any atom is -0.508 e. The second-order valence-electron chi connectivity index (χ2n) is 7.15. The standard InChI is InChI=1S/C25H16N4O/c30-18-12-10-16(11-13-18)25-28-23-19-8-4-14-26-21(19)22-20(9-5-15-27-22)24(23)29(25)17-6-2-1-3-7-17/h1-15,30H. The van der Waals surface area contributed by atoms with Crippen molar-refractivity contribution in [2.24, 2.45) is 0 Å². The van der Waals surface area contributed by atoms with Gasteiger partial charge in [0.1, 0.15) is 11.6 Å². The predicted molar refractivity (Wildman–Crippen MR) is 119 cm³/mol. The lowest BCUT2D eigenvalue weighted by Gasteiger charge is -2.11. The smallest absolute Gasteiger partial charge is 0.145 e. The normalized spacial score (nSPS) is 11.5. The third-order valence-electron chi connectivity index (χ3n) is 5.37. The molecule has 0 saturated carbocycles. The van der Waals surface area contributed by atoms with E-state index in [4.69, 9.17) is 4.98 Å². The highest BCUT2D eigenvalue weighted by molar-refractivity contribution is 6.21. The summed E-state index contributed by atoms with van der Waals surface area (Å²) in [7, 11) is 0. The Balaban J connectivity index is 1.87. The molecular weight excluding hydrogens is 372 g/mol. The molecule has 0 amide bonds. The van der Waals surface area contributed by atoms with Crippen molar-refractivity contribution in [3.63, 3.8) is 0 Å². The van der Waals surface area contributed by atoms with Crippen LogP contribution in [-0.4, -0.2) is 24.6 Å². The fourth-order valence-corrected chi connectivity index (χ4v) is 4.06. The maximum atomic E-state index is 9.77. The average molecular weight is 388 g/mol. The van der Waals surface area contributed by atoms with Gasteiger partial charge in [-0.3, -0.25) is 14.5 Å². The molecule has 0 spiro atoms. The number of hydrogen-bond donors (Lipinski definition) is 1. The Bertz CT molecular complexity index is 1540. The summed E-state index contributed by atoms with van der Waals surface area (Å²) in [6, 6.07) is 25.3. The zero-order chi connectivity index (χ0) is 20.1. The van der Waals surface area contributed by atoms with Crippen LogP contribution in [0.3, 0.4) is 0 Å². The first-order chi connectivity index (χ1) is 14.8. The summed E-state index contributed by atoms with van der Waals surface area (Å²) in [6.07, 6.45) is 3.59. The van der Waals surface area contributed by atoms with Crippen LogP contribution in [0.15, 0.2) is 91.3 Å². The first-order valence-corrected chi connectivity index (χ1v) is 9.70. The number of para-hydroxylation sites is 1. The van der Waals surface area contributed by atoms with Crippen molar-refractivity contribution in [1.82, 2.24) is 19.5 Å². The van der Waals surface area contributed by atoms with Gasteiger partial charge in [-0.1, -0.05) is 18.2 Å². The minimum atomic E-state index is 0.227. The number of aromatic nitrogens is 4. The molecule has 0 bridgehead atoms. The van der Waals surface area contributed by atoms with Crippen LogP contribution in [-0.2, 0) is 0 Å². The fraction of sp³-hybridized carbons (Fsp3) is 0. The number of benzene rings is 3. The number of nitrogens with zero attached hydrogens (tertiary/aromatic N) is 4. The van der Waals surface area contributed by atoms with Gasteiger partial charge in [0.2, 0.25) is 0 Å². The van der Waals surface area contributed by atoms with Crippen molar-refractivity contribution in [3.05, 3.63) is 91.3 Å². The fourth-order valence-electron chi connectivity index (χ4n) is 4.06. The SMILES string of the molecule is Oc1ccc(-c2nc3c4cccnc4c4ncccc4c3n2-c2ccccc2)cc1. The molecular formula is C25H16N4O.